The maximum absolute atomic E-state index is 12.8. The van der Waals surface area contributed by atoms with Gasteiger partial charge < -0.3 is 10.6 Å². The molecular weight excluding hydrogens is 252 g/mol. The molecule has 1 aromatic rings. The Bertz CT molecular complexity index is 460. The summed E-state index contributed by atoms with van der Waals surface area (Å²) in [6.07, 6.45) is 7.29. The van der Waals surface area contributed by atoms with Crippen molar-refractivity contribution in [3.05, 3.63) is 11.8 Å². The summed E-state index contributed by atoms with van der Waals surface area (Å²) in [5.41, 5.74) is 6.49. The molecule has 2 rings (SSSR count). The first kappa shape index (κ1) is 14.9. The molecule has 20 heavy (non-hydrogen) atoms. The topological polar surface area (TPSA) is 64.2 Å². The molecule has 112 valence electrons. The van der Waals surface area contributed by atoms with Gasteiger partial charge in [0.2, 0.25) is 0 Å². The van der Waals surface area contributed by atoms with Gasteiger partial charge in [-0.2, -0.15) is 5.10 Å². The van der Waals surface area contributed by atoms with Gasteiger partial charge in [0.05, 0.1) is 6.20 Å². The van der Waals surface area contributed by atoms with E-state index < -0.39 is 0 Å². The minimum atomic E-state index is 0.0446. The Morgan fingerprint density at radius 3 is 2.65 bits per heavy atom. The molecule has 0 unspecified atom stereocenters. The summed E-state index contributed by atoms with van der Waals surface area (Å²) in [5.74, 6) is 1.10. The van der Waals surface area contributed by atoms with E-state index in [0.29, 0.717) is 23.3 Å². The number of carbonyl (C=O) groups is 1. The number of anilines is 1. The maximum Gasteiger partial charge on any atom is 0.259 e. The van der Waals surface area contributed by atoms with Crippen LogP contribution in [0.25, 0.3) is 0 Å². The lowest BCUT2D eigenvalue weighted by Gasteiger charge is -2.29. The number of nitrogens with two attached hydrogens (primary N) is 1. The van der Waals surface area contributed by atoms with Crippen LogP contribution >= 0.6 is 0 Å². The molecule has 0 aliphatic heterocycles. The van der Waals surface area contributed by atoms with Crippen LogP contribution in [-0.4, -0.2) is 33.2 Å². The van der Waals surface area contributed by atoms with Gasteiger partial charge in [0, 0.05) is 19.6 Å². The minimum absolute atomic E-state index is 0.0446. The van der Waals surface area contributed by atoms with Crippen molar-refractivity contribution in [3.8, 4) is 0 Å². The molecule has 0 bridgehead atoms. The zero-order chi connectivity index (χ0) is 14.7. The zero-order valence-corrected chi connectivity index (χ0v) is 12.8. The summed E-state index contributed by atoms with van der Waals surface area (Å²) in [5, 5.41) is 4.09. The zero-order valence-electron chi connectivity index (χ0n) is 12.8. The molecule has 5 nitrogen and oxygen atoms in total. The average Bonchev–Trinajstić information content (AvgIpc) is 3.01. The Kier molecular flexibility index (Phi) is 4.68. The van der Waals surface area contributed by atoms with Crippen LogP contribution < -0.4 is 5.73 Å². The molecule has 1 fully saturated rings. The molecule has 1 aliphatic rings. The number of rotatable bonds is 5. The second-order valence-corrected chi connectivity index (χ2v) is 6.19. The molecule has 0 saturated heterocycles. The van der Waals surface area contributed by atoms with Gasteiger partial charge in [-0.15, -0.1) is 0 Å². The molecule has 0 radical (unpaired) electrons. The molecule has 1 saturated carbocycles. The largest absolute Gasteiger partial charge is 0.383 e. The third-order valence-corrected chi connectivity index (χ3v) is 4.19. The van der Waals surface area contributed by atoms with Crippen molar-refractivity contribution in [3.63, 3.8) is 0 Å². The fraction of sp³-hybridized carbons (Fsp3) is 0.733. The van der Waals surface area contributed by atoms with Crippen LogP contribution in [0.4, 0.5) is 5.82 Å². The van der Waals surface area contributed by atoms with E-state index in [1.165, 1.54) is 12.8 Å². The van der Waals surface area contributed by atoms with E-state index in [0.717, 1.165) is 25.8 Å². The van der Waals surface area contributed by atoms with Crippen LogP contribution in [0.3, 0.4) is 0 Å². The predicted molar refractivity (Wildman–Crippen MR) is 80.4 cm³/mol. The first-order valence-electron chi connectivity index (χ1n) is 7.59. The number of carbonyl (C=O) groups excluding carboxylic acids is 1. The van der Waals surface area contributed by atoms with E-state index in [9.17, 15) is 4.79 Å². The van der Waals surface area contributed by atoms with Gasteiger partial charge in [-0.3, -0.25) is 9.48 Å². The highest BCUT2D eigenvalue weighted by atomic mass is 16.2. The highest BCUT2D eigenvalue weighted by Gasteiger charge is 2.29. The molecule has 0 atom stereocenters. The molecule has 2 N–H and O–H groups in total. The van der Waals surface area contributed by atoms with Gasteiger partial charge in [0.1, 0.15) is 11.4 Å². The normalized spacial score (nSPS) is 16.0. The second kappa shape index (κ2) is 6.29. The predicted octanol–water partition coefficient (Wildman–Crippen LogP) is 2.43. The van der Waals surface area contributed by atoms with Crippen molar-refractivity contribution in [2.45, 2.75) is 52.0 Å². The van der Waals surface area contributed by atoms with Crippen molar-refractivity contribution in [2.24, 2.45) is 13.0 Å². The van der Waals surface area contributed by atoms with Crippen molar-refractivity contribution in [2.75, 3.05) is 12.3 Å². The van der Waals surface area contributed by atoms with Gasteiger partial charge in [-0.05, 0) is 25.2 Å². The highest BCUT2D eigenvalue weighted by Crippen LogP contribution is 2.26. The Morgan fingerprint density at radius 1 is 1.50 bits per heavy atom. The van der Waals surface area contributed by atoms with E-state index in [1.54, 1.807) is 17.9 Å². The van der Waals surface area contributed by atoms with Crippen LogP contribution in [-0.2, 0) is 7.05 Å². The lowest BCUT2D eigenvalue weighted by molar-refractivity contribution is 0.0673. The Balaban J connectivity index is 2.16. The fourth-order valence-corrected chi connectivity index (χ4v) is 2.83. The molecule has 1 aliphatic carbocycles. The summed E-state index contributed by atoms with van der Waals surface area (Å²) < 4.78 is 1.56. The molecule has 1 amide bonds. The molecule has 1 aromatic heterocycles. The Labute approximate surface area is 121 Å². The number of amides is 1. The number of nitrogen functional groups attached to an aromatic ring is 1. The van der Waals surface area contributed by atoms with Crippen molar-refractivity contribution in [1.29, 1.82) is 0 Å². The summed E-state index contributed by atoms with van der Waals surface area (Å²) in [6.45, 7) is 5.20. The van der Waals surface area contributed by atoms with E-state index in [-0.39, 0.29) is 5.91 Å². The summed E-state index contributed by atoms with van der Waals surface area (Å²) in [7, 11) is 1.76. The van der Waals surface area contributed by atoms with Gasteiger partial charge in [-0.1, -0.05) is 26.7 Å². The maximum atomic E-state index is 12.8. The summed E-state index contributed by atoms with van der Waals surface area (Å²) in [6, 6.07) is 0.376. The van der Waals surface area contributed by atoms with E-state index in [2.05, 4.69) is 18.9 Å². The Hall–Kier alpha value is -1.52. The molecule has 0 spiro atoms. The van der Waals surface area contributed by atoms with Crippen LogP contribution in [0, 0.1) is 5.92 Å². The van der Waals surface area contributed by atoms with Crippen molar-refractivity contribution in [1.82, 2.24) is 14.7 Å². The smallest absolute Gasteiger partial charge is 0.259 e. The van der Waals surface area contributed by atoms with Gasteiger partial charge in [-0.25, -0.2) is 0 Å². The van der Waals surface area contributed by atoms with Gasteiger partial charge in [0.25, 0.3) is 5.91 Å². The third kappa shape index (κ3) is 3.14. The number of aryl methyl sites for hydroxylation is 1. The van der Waals surface area contributed by atoms with Crippen molar-refractivity contribution < 1.29 is 4.79 Å². The standard InChI is InChI=1S/C15H26N4O/c1-11(2)8-9-19(12-6-4-5-7-12)15(20)13-10-17-18(3)14(13)16/h10-12H,4-9,16H2,1-3H3. The minimum Gasteiger partial charge on any atom is -0.383 e. The average molecular weight is 278 g/mol. The lowest BCUT2D eigenvalue weighted by Crippen LogP contribution is -2.40. The van der Waals surface area contributed by atoms with Crippen LogP contribution in [0.1, 0.15) is 56.3 Å². The van der Waals surface area contributed by atoms with Crippen LogP contribution in [0.15, 0.2) is 6.20 Å². The quantitative estimate of drug-likeness (QED) is 0.899. The van der Waals surface area contributed by atoms with E-state index >= 15 is 0 Å². The number of hydrogen-bond donors (Lipinski definition) is 1. The van der Waals surface area contributed by atoms with Gasteiger partial charge >= 0.3 is 0 Å². The number of hydrogen-bond acceptors (Lipinski definition) is 3. The van der Waals surface area contributed by atoms with Crippen molar-refractivity contribution >= 4 is 11.7 Å². The monoisotopic (exact) mass is 278 g/mol. The van der Waals surface area contributed by atoms with E-state index in [4.69, 9.17) is 5.73 Å². The SMILES string of the molecule is CC(C)CCN(C(=O)c1cnn(C)c1N)C1CCCC1. The lowest BCUT2D eigenvalue weighted by atomic mass is 10.1. The van der Waals surface area contributed by atoms with Crippen LogP contribution in [0.2, 0.25) is 0 Å². The fourth-order valence-electron chi connectivity index (χ4n) is 2.83. The van der Waals surface area contributed by atoms with Gasteiger partial charge in [0.15, 0.2) is 0 Å². The van der Waals surface area contributed by atoms with E-state index in [1.807, 2.05) is 4.90 Å². The third-order valence-electron chi connectivity index (χ3n) is 4.19. The molecule has 0 aromatic carbocycles. The number of aromatic nitrogens is 2. The molecule has 1 heterocycles. The summed E-state index contributed by atoms with van der Waals surface area (Å²) >= 11 is 0. The summed E-state index contributed by atoms with van der Waals surface area (Å²) in [4.78, 5) is 14.8. The molecule has 5 heteroatoms. The van der Waals surface area contributed by atoms with Crippen LogP contribution in [0.5, 0.6) is 0 Å². The first-order chi connectivity index (χ1) is 9.50. The highest BCUT2D eigenvalue weighted by molar-refractivity contribution is 5.98. The Morgan fingerprint density at radius 2 is 2.15 bits per heavy atom. The number of nitrogens with zero attached hydrogens (tertiary/aromatic N) is 3. The first-order valence-corrected chi connectivity index (χ1v) is 7.59. The second-order valence-electron chi connectivity index (χ2n) is 6.19. The molecular formula is C15H26N4O.